The Morgan fingerprint density at radius 1 is 0.938 bits per heavy atom. The van der Waals surface area contributed by atoms with Crippen LogP contribution in [0, 0.1) is 6.92 Å². The van der Waals surface area contributed by atoms with Crippen LogP contribution in [0.25, 0.3) is 11.1 Å². The van der Waals surface area contributed by atoms with E-state index in [-0.39, 0.29) is 11.5 Å². The van der Waals surface area contributed by atoms with Gasteiger partial charge in [-0.15, -0.1) is 0 Å². The summed E-state index contributed by atoms with van der Waals surface area (Å²) in [4.78, 5) is 0.0588. The third kappa shape index (κ3) is 4.48. The smallest absolute Gasteiger partial charge is 0.297 e. The van der Waals surface area contributed by atoms with Crippen molar-refractivity contribution >= 4 is 21.7 Å². The van der Waals surface area contributed by atoms with Gasteiger partial charge in [0, 0.05) is 22.2 Å². The molecule has 32 heavy (non-hydrogen) atoms. The lowest BCUT2D eigenvalue weighted by molar-refractivity contribution is 0.00992. The van der Waals surface area contributed by atoms with E-state index in [0.717, 1.165) is 5.56 Å². The summed E-state index contributed by atoms with van der Waals surface area (Å²) in [6, 6.07) is 15.0. The van der Waals surface area contributed by atoms with E-state index in [1.165, 1.54) is 12.1 Å². The van der Waals surface area contributed by atoms with Gasteiger partial charge in [-0.2, -0.15) is 8.42 Å². The topological polar surface area (TPSA) is 80.3 Å². The van der Waals surface area contributed by atoms with Crippen molar-refractivity contribution in [3.05, 3.63) is 65.2 Å². The third-order valence-electron chi connectivity index (χ3n) is 4.89. The fourth-order valence-corrected chi connectivity index (χ4v) is 4.39. The minimum atomic E-state index is -3.96. The second-order valence-corrected chi connectivity index (χ2v) is 9.12. The van der Waals surface area contributed by atoms with Gasteiger partial charge < -0.3 is 18.9 Å². The van der Waals surface area contributed by atoms with Gasteiger partial charge in [0.2, 0.25) is 0 Å². The molecular weight excluding hydrogens is 456 g/mol. The minimum Gasteiger partial charge on any atom is -0.497 e. The maximum Gasteiger partial charge on any atom is 0.297 e. The highest BCUT2D eigenvalue weighted by Gasteiger charge is 2.31. The van der Waals surface area contributed by atoms with Gasteiger partial charge in [-0.3, -0.25) is 4.18 Å². The molecule has 3 aromatic carbocycles. The normalized spacial score (nSPS) is 14.9. The summed E-state index contributed by atoms with van der Waals surface area (Å²) in [5.74, 6) is 1.99. The fourth-order valence-electron chi connectivity index (χ4n) is 3.29. The Bertz CT molecular complexity index is 1240. The van der Waals surface area contributed by atoms with Crippen molar-refractivity contribution in [1.82, 2.24) is 0 Å². The van der Waals surface area contributed by atoms with Crippen LogP contribution in [-0.2, 0) is 14.3 Å². The molecule has 1 unspecified atom stereocenters. The molecule has 0 N–H and O–H groups in total. The van der Waals surface area contributed by atoms with E-state index in [0.29, 0.717) is 39.1 Å². The van der Waals surface area contributed by atoms with Crippen LogP contribution in [0.5, 0.6) is 23.0 Å². The Hall–Kier alpha value is -2.94. The molecule has 1 heterocycles. The zero-order chi connectivity index (χ0) is 22.9. The number of hydrogen-bond acceptors (Lipinski definition) is 7. The van der Waals surface area contributed by atoms with E-state index in [2.05, 4.69) is 0 Å². The molecule has 0 fully saturated rings. The first-order chi connectivity index (χ1) is 15.3. The summed E-state index contributed by atoms with van der Waals surface area (Å²) in [7, 11) is -0.844. The molecule has 0 radical (unpaired) electrons. The molecule has 0 aromatic heterocycles. The average Bonchev–Trinajstić information content (AvgIpc) is 3.20. The zero-order valence-corrected chi connectivity index (χ0v) is 19.2. The van der Waals surface area contributed by atoms with Crippen molar-refractivity contribution in [2.75, 3.05) is 20.8 Å². The van der Waals surface area contributed by atoms with Crippen molar-refractivity contribution in [2.45, 2.75) is 18.1 Å². The number of halogens is 1. The highest BCUT2D eigenvalue weighted by atomic mass is 35.5. The minimum absolute atomic E-state index is 0.0588. The SMILES string of the molecule is COc1ccc(OC)c(-c2cc(Cl)cc3c2OC(COS(=O)(=O)c2ccc(C)cc2)O3)c1. The zero-order valence-electron chi connectivity index (χ0n) is 17.6. The molecule has 0 saturated heterocycles. The molecular formula is C23H21ClO7S. The van der Waals surface area contributed by atoms with Crippen LogP contribution in [0.2, 0.25) is 5.02 Å². The van der Waals surface area contributed by atoms with Crippen LogP contribution in [0.1, 0.15) is 5.56 Å². The molecule has 1 aliphatic heterocycles. The van der Waals surface area contributed by atoms with Crippen molar-refractivity contribution in [1.29, 1.82) is 0 Å². The number of benzene rings is 3. The Labute approximate surface area is 191 Å². The van der Waals surface area contributed by atoms with Gasteiger partial charge in [-0.25, -0.2) is 0 Å². The maximum atomic E-state index is 12.5. The largest absolute Gasteiger partial charge is 0.497 e. The number of hydrogen-bond donors (Lipinski definition) is 0. The lowest BCUT2D eigenvalue weighted by Gasteiger charge is -2.14. The number of fused-ring (bicyclic) bond motifs is 1. The van der Waals surface area contributed by atoms with Crippen LogP contribution in [0.3, 0.4) is 0 Å². The molecule has 1 atom stereocenters. The number of methoxy groups -OCH3 is 2. The summed E-state index contributed by atoms with van der Waals surface area (Å²) in [6.45, 7) is 1.53. The Balaban J connectivity index is 1.59. The first-order valence-corrected chi connectivity index (χ1v) is 11.4. The Morgan fingerprint density at radius 2 is 1.69 bits per heavy atom. The van der Waals surface area contributed by atoms with Crippen molar-refractivity contribution in [3.63, 3.8) is 0 Å². The second kappa shape index (κ2) is 8.90. The Morgan fingerprint density at radius 3 is 2.38 bits per heavy atom. The molecule has 0 saturated carbocycles. The molecule has 0 amide bonds. The predicted molar refractivity (Wildman–Crippen MR) is 119 cm³/mol. The van der Waals surface area contributed by atoms with Gasteiger partial charge in [0.15, 0.2) is 11.5 Å². The van der Waals surface area contributed by atoms with Crippen LogP contribution in [-0.4, -0.2) is 35.5 Å². The molecule has 4 rings (SSSR count). The van der Waals surface area contributed by atoms with E-state index in [4.69, 9.17) is 34.7 Å². The summed E-state index contributed by atoms with van der Waals surface area (Å²) in [5, 5.41) is 0.418. The standard InChI is InChI=1S/C23H21ClO7S/c1-14-4-7-17(8-5-14)32(25,26)29-13-22-30-21-11-15(24)10-19(23(21)31-22)18-12-16(27-2)6-9-20(18)28-3/h4-12,22H,13H2,1-3H3. The van der Waals surface area contributed by atoms with Crippen LogP contribution >= 0.6 is 11.6 Å². The van der Waals surface area contributed by atoms with E-state index >= 15 is 0 Å². The summed E-state index contributed by atoms with van der Waals surface area (Å²) < 4.78 is 52.6. The average molecular weight is 477 g/mol. The lowest BCUT2D eigenvalue weighted by Crippen LogP contribution is -2.26. The van der Waals surface area contributed by atoms with Crippen molar-refractivity contribution < 1.29 is 31.5 Å². The summed E-state index contributed by atoms with van der Waals surface area (Å²) in [6.07, 6.45) is -0.973. The summed E-state index contributed by atoms with van der Waals surface area (Å²) >= 11 is 6.30. The Kier molecular flexibility index (Phi) is 6.19. The van der Waals surface area contributed by atoms with Gasteiger partial charge in [-0.1, -0.05) is 29.3 Å². The van der Waals surface area contributed by atoms with Gasteiger partial charge >= 0.3 is 0 Å². The maximum absolute atomic E-state index is 12.5. The van der Waals surface area contributed by atoms with Crippen LogP contribution in [0.4, 0.5) is 0 Å². The third-order valence-corrected chi connectivity index (χ3v) is 6.41. The van der Waals surface area contributed by atoms with Gasteiger partial charge in [0.1, 0.15) is 18.1 Å². The van der Waals surface area contributed by atoms with E-state index in [1.807, 2.05) is 6.92 Å². The highest BCUT2D eigenvalue weighted by Crippen LogP contribution is 2.48. The van der Waals surface area contributed by atoms with Gasteiger partial charge in [0.25, 0.3) is 16.4 Å². The quantitative estimate of drug-likeness (QED) is 0.451. The molecule has 0 aliphatic carbocycles. The van der Waals surface area contributed by atoms with Crippen LogP contribution < -0.4 is 18.9 Å². The molecule has 7 nitrogen and oxygen atoms in total. The lowest BCUT2D eigenvalue weighted by atomic mass is 10.0. The van der Waals surface area contributed by atoms with Crippen LogP contribution in [0.15, 0.2) is 59.5 Å². The first kappa shape index (κ1) is 22.3. The van der Waals surface area contributed by atoms with E-state index in [9.17, 15) is 8.42 Å². The number of ether oxygens (including phenoxy) is 4. The van der Waals surface area contributed by atoms with Crippen molar-refractivity contribution in [3.8, 4) is 34.1 Å². The number of rotatable bonds is 7. The monoisotopic (exact) mass is 476 g/mol. The second-order valence-electron chi connectivity index (χ2n) is 7.06. The number of aryl methyl sites for hydroxylation is 1. The molecule has 0 bridgehead atoms. The van der Waals surface area contributed by atoms with Gasteiger partial charge in [-0.05, 0) is 43.3 Å². The first-order valence-electron chi connectivity index (χ1n) is 9.66. The molecule has 0 spiro atoms. The molecule has 3 aromatic rings. The predicted octanol–water partition coefficient (Wildman–Crippen LogP) is 4.84. The highest BCUT2D eigenvalue weighted by molar-refractivity contribution is 7.86. The fraction of sp³-hybridized carbons (Fsp3) is 0.217. The van der Waals surface area contributed by atoms with E-state index < -0.39 is 16.4 Å². The molecule has 168 valence electrons. The van der Waals surface area contributed by atoms with Crippen molar-refractivity contribution in [2.24, 2.45) is 0 Å². The molecule has 1 aliphatic rings. The summed E-state index contributed by atoms with van der Waals surface area (Å²) in [5.41, 5.74) is 2.24. The molecule has 9 heteroatoms. The van der Waals surface area contributed by atoms with Gasteiger partial charge in [0.05, 0.1) is 19.1 Å². The van der Waals surface area contributed by atoms with E-state index in [1.54, 1.807) is 56.7 Å².